The molecule has 2 aromatic rings. The molecule has 2 aliphatic heterocycles. The zero-order chi connectivity index (χ0) is 17.2. The Labute approximate surface area is 143 Å². The topological polar surface area (TPSA) is 83.1 Å². The third kappa shape index (κ3) is 3.08. The Morgan fingerprint density at radius 1 is 1.12 bits per heavy atom. The molecule has 0 spiro atoms. The molecule has 1 saturated heterocycles. The number of carbonyl (C=O) groups is 2. The molecule has 4 rings (SSSR count). The number of hydrogen-bond donors (Lipinski definition) is 1. The van der Waals surface area contributed by atoms with Crippen LogP contribution in [0.15, 0.2) is 48.5 Å². The van der Waals surface area contributed by atoms with E-state index < -0.39 is 24.2 Å². The first-order valence-electron chi connectivity index (χ1n) is 7.78. The maximum absolute atomic E-state index is 12.4. The molecular weight excluding hydrogens is 326 g/mol. The molecule has 0 bridgehead atoms. The van der Waals surface area contributed by atoms with Gasteiger partial charge in [0.15, 0.2) is 23.6 Å². The van der Waals surface area contributed by atoms with Crippen molar-refractivity contribution in [3.63, 3.8) is 0 Å². The average Bonchev–Trinajstić information content (AvgIpc) is 3.26. The Balaban J connectivity index is 1.49. The molecule has 2 aromatic carbocycles. The fourth-order valence-electron chi connectivity index (χ4n) is 2.77. The fourth-order valence-corrected chi connectivity index (χ4v) is 2.77. The summed E-state index contributed by atoms with van der Waals surface area (Å²) in [7, 11) is 0. The summed E-state index contributed by atoms with van der Waals surface area (Å²) in [4.78, 5) is 24.1. The number of cyclic esters (lactones) is 1. The van der Waals surface area contributed by atoms with E-state index in [1.807, 2.05) is 30.3 Å². The summed E-state index contributed by atoms with van der Waals surface area (Å²) in [5.74, 6) is 0.610. The summed E-state index contributed by atoms with van der Waals surface area (Å²) in [5, 5.41) is 2.50. The lowest BCUT2D eigenvalue weighted by atomic mass is 10.0. The number of benzene rings is 2. The van der Waals surface area contributed by atoms with Gasteiger partial charge in [-0.05, 0) is 23.3 Å². The van der Waals surface area contributed by atoms with Crippen LogP contribution in [0.4, 0.5) is 4.79 Å². The normalized spacial score (nSPS) is 20.7. The molecule has 2 atom stereocenters. The molecule has 128 valence electrons. The van der Waals surface area contributed by atoms with Gasteiger partial charge in [-0.1, -0.05) is 36.4 Å². The van der Waals surface area contributed by atoms with Gasteiger partial charge in [0, 0.05) is 0 Å². The van der Waals surface area contributed by atoms with Crippen LogP contribution in [0.1, 0.15) is 17.2 Å². The summed E-state index contributed by atoms with van der Waals surface area (Å²) in [5.41, 5.74) is 1.49. The lowest BCUT2D eigenvalue weighted by Crippen LogP contribution is -2.37. The molecule has 7 nitrogen and oxygen atoms in total. The van der Waals surface area contributed by atoms with Gasteiger partial charge in [0.1, 0.15) is 6.61 Å². The quantitative estimate of drug-likeness (QED) is 0.859. The van der Waals surface area contributed by atoms with Gasteiger partial charge in [0.05, 0.1) is 0 Å². The van der Waals surface area contributed by atoms with Crippen molar-refractivity contribution < 1.29 is 28.5 Å². The number of alkyl carbamates (subject to hydrolysis) is 1. The van der Waals surface area contributed by atoms with Crippen molar-refractivity contribution in [2.45, 2.75) is 18.8 Å². The number of fused-ring (bicyclic) bond motifs is 1. The van der Waals surface area contributed by atoms with Gasteiger partial charge >= 0.3 is 12.1 Å². The van der Waals surface area contributed by atoms with Crippen LogP contribution in [-0.4, -0.2) is 24.9 Å². The van der Waals surface area contributed by atoms with Crippen LogP contribution in [-0.2, 0) is 20.9 Å². The van der Waals surface area contributed by atoms with Gasteiger partial charge in [-0.15, -0.1) is 0 Å². The Morgan fingerprint density at radius 2 is 1.92 bits per heavy atom. The second-order valence-electron chi connectivity index (χ2n) is 5.65. The predicted molar refractivity (Wildman–Crippen MR) is 84.9 cm³/mol. The van der Waals surface area contributed by atoms with Gasteiger partial charge in [0.25, 0.3) is 0 Å². The van der Waals surface area contributed by atoms with Gasteiger partial charge < -0.3 is 24.3 Å². The molecule has 0 aromatic heterocycles. The largest absolute Gasteiger partial charge is 0.459 e. The van der Waals surface area contributed by atoms with E-state index in [1.54, 1.807) is 18.2 Å². The molecule has 7 heteroatoms. The van der Waals surface area contributed by atoms with Crippen LogP contribution in [0.25, 0.3) is 0 Å². The number of amides is 1. The van der Waals surface area contributed by atoms with Crippen LogP contribution in [0.2, 0.25) is 0 Å². The van der Waals surface area contributed by atoms with Crippen molar-refractivity contribution in [1.82, 2.24) is 5.32 Å². The Hall–Kier alpha value is -3.22. The molecule has 1 amide bonds. The molecule has 2 heterocycles. The predicted octanol–water partition coefficient (Wildman–Crippen LogP) is 2.31. The summed E-state index contributed by atoms with van der Waals surface area (Å²) in [6.45, 7) is 0.268. The van der Waals surface area contributed by atoms with Crippen molar-refractivity contribution >= 4 is 12.1 Å². The fraction of sp³-hybridized carbons (Fsp3) is 0.222. The number of rotatable bonds is 4. The average molecular weight is 341 g/mol. The van der Waals surface area contributed by atoms with E-state index >= 15 is 0 Å². The molecule has 2 aliphatic rings. The molecule has 0 aliphatic carbocycles. The van der Waals surface area contributed by atoms with Crippen molar-refractivity contribution in [2.75, 3.05) is 6.79 Å². The molecule has 1 fully saturated rings. The second kappa shape index (κ2) is 6.35. The van der Waals surface area contributed by atoms with Crippen LogP contribution in [0, 0.1) is 0 Å². The summed E-state index contributed by atoms with van der Waals surface area (Å²) >= 11 is 0. The Kier molecular flexibility index (Phi) is 3.89. The first kappa shape index (κ1) is 15.3. The number of esters is 1. The molecular formula is C18H15NO6. The van der Waals surface area contributed by atoms with E-state index in [2.05, 4.69) is 5.32 Å². The zero-order valence-electron chi connectivity index (χ0n) is 13.1. The number of hydrogen-bond acceptors (Lipinski definition) is 6. The van der Waals surface area contributed by atoms with Crippen LogP contribution in [0.5, 0.6) is 11.5 Å². The van der Waals surface area contributed by atoms with Gasteiger partial charge in [-0.2, -0.15) is 0 Å². The first-order valence-corrected chi connectivity index (χ1v) is 7.78. The van der Waals surface area contributed by atoms with Crippen molar-refractivity contribution in [3.05, 3.63) is 59.7 Å². The second-order valence-corrected chi connectivity index (χ2v) is 5.65. The van der Waals surface area contributed by atoms with Crippen LogP contribution < -0.4 is 14.8 Å². The highest BCUT2D eigenvalue weighted by Crippen LogP contribution is 2.37. The SMILES string of the molecule is O=C1NC(C(=O)OCc2ccccc2)C(c2ccc3c(c2)OCO3)O1. The van der Waals surface area contributed by atoms with Gasteiger partial charge in [-0.3, -0.25) is 0 Å². The standard InChI is InChI=1S/C18H15NO6/c20-17(22-9-11-4-2-1-3-5-11)15-16(25-18(21)19-15)12-6-7-13-14(8-12)24-10-23-13/h1-8,15-16H,9-10H2,(H,19,21). The van der Waals surface area contributed by atoms with Gasteiger partial charge in [-0.25, -0.2) is 9.59 Å². The van der Waals surface area contributed by atoms with Crippen LogP contribution in [0.3, 0.4) is 0 Å². The summed E-state index contributed by atoms with van der Waals surface area (Å²) < 4.78 is 21.1. The lowest BCUT2D eigenvalue weighted by molar-refractivity contribution is -0.148. The molecule has 0 saturated carbocycles. The Bertz CT molecular complexity index is 806. The van der Waals surface area contributed by atoms with Crippen molar-refractivity contribution in [1.29, 1.82) is 0 Å². The van der Waals surface area contributed by atoms with E-state index in [-0.39, 0.29) is 13.4 Å². The minimum atomic E-state index is -0.920. The minimum Gasteiger partial charge on any atom is -0.459 e. The lowest BCUT2D eigenvalue weighted by Gasteiger charge is -2.16. The number of nitrogens with one attached hydrogen (secondary N) is 1. The third-order valence-electron chi connectivity index (χ3n) is 4.01. The van der Waals surface area contributed by atoms with Crippen molar-refractivity contribution in [3.8, 4) is 11.5 Å². The minimum absolute atomic E-state index is 0.125. The molecule has 25 heavy (non-hydrogen) atoms. The summed E-state index contributed by atoms with van der Waals surface area (Å²) in [6.07, 6.45) is -1.45. The highest BCUT2D eigenvalue weighted by molar-refractivity contribution is 5.85. The smallest absolute Gasteiger partial charge is 0.408 e. The molecule has 1 N–H and O–H groups in total. The van der Waals surface area contributed by atoms with E-state index in [0.717, 1.165) is 5.56 Å². The monoisotopic (exact) mass is 341 g/mol. The number of ether oxygens (including phenoxy) is 4. The van der Waals surface area contributed by atoms with E-state index in [1.165, 1.54) is 0 Å². The number of carbonyl (C=O) groups excluding carboxylic acids is 2. The first-order chi connectivity index (χ1) is 12.2. The van der Waals surface area contributed by atoms with E-state index in [4.69, 9.17) is 18.9 Å². The Morgan fingerprint density at radius 3 is 2.76 bits per heavy atom. The summed E-state index contributed by atoms with van der Waals surface area (Å²) in [6, 6.07) is 13.5. The maximum atomic E-state index is 12.4. The highest BCUT2D eigenvalue weighted by Gasteiger charge is 2.42. The highest BCUT2D eigenvalue weighted by atomic mass is 16.7. The van der Waals surface area contributed by atoms with E-state index in [0.29, 0.717) is 17.1 Å². The maximum Gasteiger partial charge on any atom is 0.408 e. The molecule has 2 unspecified atom stereocenters. The molecule has 0 radical (unpaired) electrons. The van der Waals surface area contributed by atoms with Gasteiger partial charge in [0.2, 0.25) is 6.79 Å². The van der Waals surface area contributed by atoms with E-state index in [9.17, 15) is 9.59 Å². The third-order valence-corrected chi connectivity index (χ3v) is 4.01. The van der Waals surface area contributed by atoms with Crippen molar-refractivity contribution in [2.24, 2.45) is 0 Å². The van der Waals surface area contributed by atoms with Crippen LogP contribution >= 0.6 is 0 Å². The zero-order valence-corrected chi connectivity index (χ0v) is 13.1.